The van der Waals surface area contributed by atoms with E-state index in [0.29, 0.717) is 11.6 Å². The van der Waals surface area contributed by atoms with E-state index in [1.165, 1.54) is 7.11 Å². The third-order valence-corrected chi connectivity index (χ3v) is 4.64. The highest BCUT2D eigenvalue weighted by atomic mass is 35.5. The van der Waals surface area contributed by atoms with Gasteiger partial charge in [0.25, 0.3) is 0 Å². The number of benzene rings is 1. The predicted molar refractivity (Wildman–Crippen MR) is 80.3 cm³/mol. The van der Waals surface area contributed by atoms with E-state index in [-0.39, 0.29) is 0 Å². The summed E-state index contributed by atoms with van der Waals surface area (Å²) in [6.45, 7) is 7.36. The topological polar surface area (TPSA) is 35.5 Å². The lowest BCUT2D eigenvalue weighted by Gasteiger charge is -2.20. The van der Waals surface area contributed by atoms with E-state index in [4.69, 9.17) is 21.1 Å². The van der Waals surface area contributed by atoms with Crippen molar-refractivity contribution in [3.05, 3.63) is 34.9 Å². The van der Waals surface area contributed by atoms with Crippen molar-refractivity contribution in [3.63, 3.8) is 0 Å². The molecule has 0 aliphatic heterocycles. The van der Waals surface area contributed by atoms with Crippen LogP contribution in [0.25, 0.3) is 0 Å². The molecule has 19 heavy (non-hydrogen) atoms. The second-order valence-corrected chi connectivity index (χ2v) is 11.7. The van der Waals surface area contributed by atoms with Crippen LogP contribution in [0.3, 0.4) is 0 Å². The summed E-state index contributed by atoms with van der Waals surface area (Å²) >= 11 is 5.94. The molecule has 0 fully saturated rings. The van der Waals surface area contributed by atoms with E-state index in [0.717, 1.165) is 11.6 Å². The van der Waals surface area contributed by atoms with E-state index >= 15 is 0 Å². The number of hydrogen-bond acceptors (Lipinski definition) is 3. The zero-order valence-corrected chi connectivity index (χ0v) is 13.7. The van der Waals surface area contributed by atoms with Gasteiger partial charge in [0, 0.05) is 19.7 Å². The van der Waals surface area contributed by atoms with Crippen molar-refractivity contribution in [3.8, 4) is 0 Å². The smallest absolute Gasteiger partial charge is 0.339 e. The summed E-state index contributed by atoms with van der Waals surface area (Å²) in [5.41, 5.74) is 0.731. The molecule has 0 unspecified atom stereocenters. The Labute approximate surface area is 120 Å². The van der Waals surface area contributed by atoms with Crippen LogP contribution in [0.15, 0.2) is 24.3 Å². The Bertz CT molecular complexity index is 429. The quantitative estimate of drug-likeness (QED) is 0.590. The van der Waals surface area contributed by atoms with Gasteiger partial charge >= 0.3 is 5.97 Å². The van der Waals surface area contributed by atoms with Crippen LogP contribution in [-0.2, 0) is 14.3 Å². The van der Waals surface area contributed by atoms with Crippen molar-refractivity contribution in [2.24, 2.45) is 0 Å². The summed E-state index contributed by atoms with van der Waals surface area (Å²) in [5, 5.41) is 0.584. The summed E-state index contributed by atoms with van der Waals surface area (Å²) in [6, 6.07) is 8.12. The average molecular weight is 301 g/mol. The molecule has 0 N–H and O–H groups in total. The Kier molecular flexibility index (Phi) is 6.04. The van der Waals surface area contributed by atoms with Crippen molar-refractivity contribution in [2.45, 2.75) is 31.8 Å². The van der Waals surface area contributed by atoms with Gasteiger partial charge in [-0.05, 0) is 23.7 Å². The average Bonchev–Trinajstić information content (AvgIpc) is 2.32. The minimum atomic E-state index is -1.18. The van der Waals surface area contributed by atoms with Gasteiger partial charge in [-0.2, -0.15) is 0 Å². The first-order chi connectivity index (χ1) is 8.83. The number of esters is 1. The number of methoxy groups -OCH3 is 1. The van der Waals surface area contributed by atoms with Crippen LogP contribution in [0.5, 0.6) is 0 Å². The van der Waals surface area contributed by atoms with Gasteiger partial charge in [0.1, 0.15) is 0 Å². The van der Waals surface area contributed by atoms with Gasteiger partial charge in [-0.15, -0.1) is 0 Å². The van der Waals surface area contributed by atoms with Gasteiger partial charge in [-0.25, -0.2) is 4.79 Å². The summed E-state index contributed by atoms with van der Waals surface area (Å²) in [4.78, 5) is 11.8. The molecule has 1 aromatic carbocycles. The van der Waals surface area contributed by atoms with Crippen molar-refractivity contribution in [2.75, 3.05) is 13.7 Å². The van der Waals surface area contributed by atoms with E-state index in [2.05, 4.69) is 19.6 Å². The molecule has 0 bridgehead atoms. The van der Waals surface area contributed by atoms with Crippen molar-refractivity contribution < 1.29 is 14.3 Å². The van der Waals surface area contributed by atoms with Crippen molar-refractivity contribution in [1.82, 2.24) is 0 Å². The molecule has 1 rings (SSSR count). The molecule has 0 spiro atoms. The van der Waals surface area contributed by atoms with Crippen LogP contribution in [-0.4, -0.2) is 27.8 Å². The molecule has 3 nitrogen and oxygen atoms in total. The Balaban J connectivity index is 2.76. The van der Waals surface area contributed by atoms with Gasteiger partial charge in [0.05, 0.1) is 7.11 Å². The summed E-state index contributed by atoms with van der Waals surface area (Å²) < 4.78 is 10.5. The first kappa shape index (κ1) is 16.2. The fourth-order valence-corrected chi connectivity index (χ4v) is 2.49. The van der Waals surface area contributed by atoms with Crippen molar-refractivity contribution >= 4 is 25.6 Å². The van der Waals surface area contributed by atoms with Gasteiger partial charge in [-0.3, -0.25) is 0 Å². The molecular weight excluding hydrogens is 280 g/mol. The number of carbonyl (C=O) groups excluding carboxylic acids is 1. The van der Waals surface area contributed by atoms with Crippen LogP contribution in [0.4, 0.5) is 0 Å². The number of rotatable bonds is 6. The van der Waals surface area contributed by atoms with Gasteiger partial charge in [0.2, 0.25) is 0 Å². The summed E-state index contributed by atoms with van der Waals surface area (Å²) in [5.74, 6) is -0.391. The highest BCUT2D eigenvalue weighted by Gasteiger charge is 2.23. The number of ether oxygens (including phenoxy) is 2. The molecule has 0 saturated heterocycles. The monoisotopic (exact) mass is 300 g/mol. The zero-order valence-electron chi connectivity index (χ0n) is 11.9. The highest BCUT2D eigenvalue weighted by Crippen LogP contribution is 2.23. The first-order valence-corrected chi connectivity index (χ1v) is 10.4. The highest BCUT2D eigenvalue weighted by molar-refractivity contribution is 6.76. The van der Waals surface area contributed by atoms with Crippen LogP contribution in [0.2, 0.25) is 30.7 Å². The Morgan fingerprint density at radius 3 is 2.58 bits per heavy atom. The number of halogens is 1. The minimum Gasteiger partial charge on any atom is -0.467 e. The van der Waals surface area contributed by atoms with Crippen LogP contribution in [0, 0.1) is 0 Å². The number of carbonyl (C=O) groups is 1. The largest absolute Gasteiger partial charge is 0.467 e. The molecule has 1 atom stereocenters. The van der Waals surface area contributed by atoms with Crippen molar-refractivity contribution in [1.29, 1.82) is 0 Å². The molecule has 0 aliphatic rings. The molecule has 1 aromatic rings. The maximum atomic E-state index is 11.8. The lowest BCUT2D eigenvalue weighted by Crippen LogP contribution is -2.24. The third kappa shape index (κ3) is 5.76. The maximum Gasteiger partial charge on any atom is 0.339 e. The van der Waals surface area contributed by atoms with Crippen LogP contribution < -0.4 is 0 Å². The zero-order chi connectivity index (χ0) is 14.5. The van der Waals surface area contributed by atoms with Gasteiger partial charge < -0.3 is 9.47 Å². The standard InChI is InChI=1S/C14H21ClO3Si/c1-17-14(16)13(18-8-9-19(2,3)4)11-6-5-7-12(15)10-11/h5-7,10,13H,8-9H2,1-4H3/t13-/m1/s1. The normalized spacial score (nSPS) is 13.1. The molecule has 0 heterocycles. The predicted octanol–water partition coefficient (Wildman–Crippen LogP) is 3.91. The SMILES string of the molecule is COC(=O)[C@H](OCC[Si](C)(C)C)c1cccc(Cl)c1. The second kappa shape index (κ2) is 7.08. The molecule has 5 heteroatoms. The van der Waals surface area contributed by atoms with E-state index in [9.17, 15) is 4.79 Å². The first-order valence-electron chi connectivity index (χ1n) is 6.28. The molecule has 0 saturated carbocycles. The fraction of sp³-hybridized carbons (Fsp3) is 0.500. The fourth-order valence-electron chi connectivity index (χ4n) is 1.56. The second-order valence-electron chi connectivity index (χ2n) is 5.64. The van der Waals surface area contributed by atoms with Gasteiger partial charge in [0.15, 0.2) is 6.10 Å². The van der Waals surface area contributed by atoms with Gasteiger partial charge in [-0.1, -0.05) is 43.4 Å². The van der Waals surface area contributed by atoms with E-state index in [1.807, 2.05) is 6.07 Å². The lowest BCUT2D eigenvalue weighted by atomic mass is 10.1. The molecule has 106 valence electrons. The molecule has 0 aliphatic carbocycles. The Hall–Kier alpha value is -0.843. The van der Waals surface area contributed by atoms with E-state index < -0.39 is 20.1 Å². The molecule has 0 radical (unpaired) electrons. The maximum absolute atomic E-state index is 11.8. The summed E-state index contributed by atoms with van der Waals surface area (Å²) in [6.07, 6.45) is -0.694. The minimum absolute atomic E-state index is 0.391. The Morgan fingerprint density at radius 2 is 2.05 bits per heavy atom. The molecule has 0 amide bonds. The van der Waals surface area contributed by atoms with Crippen LogP contribution >= 0.6 is 11.6 Å². The molecule has 0 aromatic heterocycles. The molecular formula is C14H21ClO3Si. The van der Waals surface area contributed by atoms with Crippen LogP contribution in [0.1, 0.15) is 11.7 Å². The number of hydrogen-bond donors (Lipinski definition) is 0. The van der Waals surface area contributed by atoms with E-state index in [1.54, 1.807) is 18.2 Å². The lowest BCUT2D eigenvalue weighted by molar-refractivity contribution is -0.154. The summed E-state index contributed by atoms with van der Waals surface area (Å²) in [7, 11) is 0.179. The third-order valence-electron chi connectivity index (χ3n) is 2.70. The Morgan fingerprint density at radius 1 is 1.37 bits per heavy atom.